The third-order valence-corrected chi connectivity index (χ3v) is 5.73. The van der Waals surface area contributed by atoms with Crippen molar-refractivity contribution in [3.05, 3.63) is 63.7 Å². The Bertz CT molecular complexity index is 1100. The average molecular weight is 378 g/mol. The number of carbonyl (C=O) groups is 1. The van der Waals surface area contributed by atoms with E-state index in [1.807, 2.05) is 35.4 Å². The van der Waals surface area contributed by atoms with Gasteiger partial charge in [0.25, 0.3) is 11.5 Å². The van der Waals surface area contributed by atoms with Crippen molar-refractivity contribution in [1.82, 2.24) is 19.7 Å². The van der Waals surface area contributed by atoms with Gasteiger partial charge in [0.15, 0.2) is 0 Å². The molecule has 28 heavy (non-hydrogen) atoms. The van der Waals surface area contributed by atoms with Gasteiger partial charge in [-0.2, -0.15) is 5.10 Å². The van der Waals surface area contributed by atoms with E-state index >= 15 is 0 Å². The van der Waals surface area contributed by atoms with Crippen molar-refractivity contribution in [1.29, 1.82) is 0 Å². The van der Waals surface area contributed by atoms with E-state index < -0.39 is 0 Å². The van der Waals surface area contributed by atoms with Crippen LogP contribution in [0.5, 0.6) is 0 Å². The first-order valence-electron chi connectivity index (χ1n) is 9.75. The molecule has 1 atom stereocenters. The number of H-pyrrole nitrogens is 1. The normalized spacial score (nSPS) is 19.1. The number of hydrogen-bond donors (Lipinski definition) is 1. The molecule has 5 rings (SSSR count). The topological polar surface area (TPSA) is 80.2 Å². The molecule has 0 radical (unpaired) electrons. The molecule has 1 amide bonds. The van der Waals surface area contributed by atoms with E-state index in [0.717, 1.165) is 41.4 Å². The molecule has 0 aliphatic carbocycles. The van der Waals surface area contributed by atoms with Gasteiger partial charge in [0.05, 0.1) is 31.5 Å². The first kappa shape index (κ1) is 17.2. The van der Waals surface area contributed by atoms with Gasteiger partial charge in [-0.3, -0.25) is 9.59 Å². The average Bonchev–Trinajstić information content (AvgIpc) is 3.36. The minimum absolute atomic E-state index is 0.0124. The fraction of sp³-hybridized carbons (Fsp3) is 0.381. The van der Waals surface area contributed by atoms with Crippen molar-refractivity contribution in [2.45, 2.75) is 38.5 Å². The monoisotopic (exact) mass is 378 g/mol. The molecular formula is C21H22N4O3. The van der Waals surface area contributed by atoms with Crippen LogP contribution < -0.4 is 5.56 Å². The molecule has 7 nitrogen and oxygen atoms in total. The largest absolute Gasteiger partial charge is 0.376 e. The second-order valence-corrected chi connectivity index (χ2v) is 7.51. The Hall–Kier alpha value is -2.93. The summed E-state index contributed by atoms with van der Waals surface area (Å²) in [6, 6.07) is 9.33. The fourth-order valence-electron chi connectivity index (χ4n) is 4.22. The zero-order valence-corrected chi connectivity index (χ0v) is 15.6. The van der Waals surface area contributed by atoms with Crippen molar-refractivity contribution in [2.75, 3.05) is 13.2 Å². The molecule has 2 aliphatic rings. The zero-order chi connectivity index (χ0) is 19.1. The third kappa shape index (κ3) is 3.01. The maximum Gasteiger partial charge on any atom is 0.267 e. The van der Waals surface area contributed by atoms with E-state index in [4.69, 9.17) is 4.74 Å². The predicted molar refractivity (Wildman–Crippen MR) is 104 cm³/mol. The number of fused-ring (bicyclic) bond motifs is 2. The lowest BCUT2D eigenvalue weighted by Crippen LogP contribution is -2.41. The zero-order valence-electron chi connectivity index (χ0n) is 15.6. The molecule has 3 aromatic rings. The predicted octanol–water partition coefficient (Wildman–Crippen LogP) is 2.10. The van der Waals surface area contributed by atoms with Crippen LogP contribution in [0.15, 0.2) is 41.3 Å². The van der Waals surface area contributed by atoms with E-state index in [2.05, 4.69) is 10.1 Å². The summed E-state index contributed by atoms with van der Waals surface area (Å²) in [5.41, 5.74) is 3.31. The van der Waals surface area contributed by atoms with Crippen LogP contribution in [-0.2, 0) is 24.3 Å². The van der Waals surface area contributed by atoms with Crippen LogP contribution in [0.1, 0.15) is 34.5 Å². The van der Waals surface area contributed by atoms with Crippen molar-refractivity contribution in [3.8, 4) is 0 Å². The maximum atomic E-state index is 13.1. The number of nitrogens with one attached hydrogen (secondary N) is 1. The molecular weight excluding hydrogens is 356 g/mol. The molecule has 7 heteroatoms. The SMILES string of the molecule is O=C(c1ccc2cc[nH]c2c1)N1CCCC1Cn1nc2c(cc1=O)COCC2. The van der Waals surface area contributed by atoms with E-state index in [9.17, 15) is 9.59 Å². The standard InChI is InChI=1S/C21H22N4O3/c26-20-11-16-13-28-9-6-18(16)23-25(20)12-17-2-1-8-24(17)21(27)15-4-3-14-5-7-22-19(14)10-15/h3-5,7,10-11,17,22H,1-2,6,8-9,12-13H2. The van der Waals surface area contributed by atoms with Crippen LogP contribution in [0.25, 0.3) is 10.9 Å². The van der Waals surface area contributed by atoms with Crippen molar-refractivity contribution >= 4 is 16.8 Å². The minimum atomic E-state index is -0.128. The van der Waals surface area contributed by atoms with Gasteiger partial charge in [0.1, 0.15) is 0 Å². The van der Waals surface area contributed by atoms with Gasteiger partial charge in [-0.25, -0.2) is 4.68 Å². The number of amides is 1. The number of rotatable bonds is 3. The van der Waals surface area contributed by atoms with Crippen molar-refractivity contribution in [2.24, 2.45) is 0 Å². The van der Waals surface area contributed by atoms with Crippen LogP contribution >= 0.6 is 0 Å². The molecule has 1 fully saturated rings. The summed E-state index contributed by atoms with van der Waals surface area (Å²) >= 11 is 0. The third-order valence-electron chi connectivity index (χ3n) is 5.73. The molecule has 144 valence electrons. The number of ether oxygens (including phenoxy) is 1. The Labute approximate surface area is 161 Å². The highest BCUT2D eigenvalue weighted by Gasteiger charge is 2.30. The highest BCUT2D eigenvalue weighted by atomic mass is 16.5. The number of carbonyl (C=O) groups excluding carboxylic acids is 1. The lowest BCUT2D eigenvalue weighted by molar-refractivity contribution is 0.0719. The lowest BCUT2D eigenvalue weighted by Gasteiger charge is -2.26. The van der Waals surface area contributed by atoms with Gasteiger partial charge in [-0.05, 0) is 36.4 Å². The van der Waals surface area contributed by atoms with Crippen molar-refractivity contribution < 1.29 is 9.53 Å². The molecule has 4 heterocycles. The van der Waals surface area contributed by atoms with Gasteiger partial charge < -0.3 is 14.6 Å². The molecule has 1 unspecified atom stereocenters. The minimum Gasteiger partial charge on any atom is -0.376 e. The number of nitrogens with zero attached hydrogens (tertiary/aromatic N) is 3. The number of hydrogen-bond acceptors (Lipinski definition) is 4. The summed E-state index contributed by atoms with van der Waals surface area (Å²) in [7, 11) is 0. The highest BCUT2D eigenvalue weighted by Crippen LogP contribution is 2.23. The number of aromatic amines is 1. The quantitative estimate of drug-likeness (QED) is 0.757. The van der Waals surface area contributed by atoms with Crippen LogP contribution in [0, 0.1) is 0 Å². The second kappa shape index (κ2) is 6.91. The summed E-state index contributed by atoms with van der Waals surface area (Å²) in [6.45, 7) is 2.23. The second-order valence-electron chi connectivity index (χ2n) is 7.51. The Kier molecular flexibility index (Phi) is 4.24. The summed E-state index contributed by atoms with van der Waals surface area (Å²) in [5.74, 6) is 0.0124. The number of benzene rings is 1. The van der Waals surface area contributed by atoms with Crippen molar-refractivity contribution in [3.63, 3.8) is 0 Å². The number of aromatic nitrogens is 3. The summed E-state index contributed by atoms with van der Waals surface area (Å²) in [5, 5.41) is 5.64. The molecule has 1 N–H and O–H groups in total. The van der Waals surface area contributed by atoms with Gasteiger partial charge in [-0.15, -0.1) is 0 Å². The van der Waals surface area contributed by atoms with E-state index in [1.54, 1.807) is 6.07 Å². The van der Waals surface area contributed by atoms with Gasteiger partial charge >= 0.3 is 0 Å². The van der Waals surface area contributed by atoms with Gasteiger partial charge in [0, 0.05) is 41.9 Å². The molecule has 0 spiro atoms. The molecule has 2 aromatic heterocycles. The molecule has 1 saturated heterocycles. The van der Waals surface area contributed by atoms with Crippen LogP contribution in [0.3, 0.4) is 0 Å². The van der Waals surface area contributed by atoms with Gasteiger partial charge in [-0.1, -0.05) is 6.07 Å². The van der Waals surface area contributed by atoms with Gasteiger partial charge in [0.2, 0.25) is 0 Å². The smallest absolute Gasteiger partial charge is 0.267 e. The Balaban J connectivity index is 1.39. The summed E-state index contributed by atoms with van der Waals surface area (Å²) in [4.78, 5) is 30.6. The summed E-state index contributed by atoms with van der Waals surface area (Å²) in [6.07, 6.45) is 4.41. The maximum absolute atomic E-state index is 13.1. The number of likely N-dealkylation sites (tertiary alicyclic amines) is 1. The summed E-state index contributed by atoms with van der Waals surface area (Å²) < 4.78 is 6.93. The molecule has 0 saturated carbocycles. The first-order valence-corrected chi connectivity index (χ1v) is 9.75. The van der Waals surface area contributed by atoms with E-state index in [0.29, 0.717) is 31.9 Å². The van der Waals surface area contributed by atoms with Crippen LogP contribution in [-0.4, -0.2) is 44.8 Å². The first-order chi connectivity index (χ1) is 13.7. The Morgan fingerprint density at radius 2 is 2.21 bits per heavy atom. The van der Waals surface area contributed by atoms with E-state index in [-0.39, 0.29) is 17.5 Å². The van der Waals surface area contributed by atoms with E-state index in [1.165, 1.54) is 4.68 Å². The Morgan fingerprint density at radius 1 is 1.29 bits per heavy atom. The lowest BCUT2D eigenvalue weighted by atomic mass is 10.1. The fourth-order valence-corrected chi connectivity index (χ4v) is 4.22. The van der Waals surface area contributed by atoms with Crippen LogP contribution in [0.2, 0.25) is 0 Å². The molecule has 2 aliphatic heterocycles. The Morgan fingerprint density at radius 3 is 3.14 bits per heavy atom. The molecule has 1 aromatic carbocycles. The van der Waals surface area contributed by atoms with Crippen LogP contribution in [0.4, 0.5) is 0 Å². The highest BCUT2D eigenvalue weighted by molar-refractivity contribution is 5.98. The molecule has 0 bridgehead atoms.